The lowest BCUT2D eigenvalue weighted by Crippen LogP contribution is -2.37. The van der Waals surface area contributed by atoms with E-state index in [1.807, 2.05) is 0 Å². The number of nitrogens with one attached hydrogen (secondary N) is 2. The minimum absolute atomic E-state index is 0.257. The van der Waals surface area contributed by atoms with Gasteiger partial charge in [-0.05, 0) is 37.1 Å². The zero-order valence-electron chi connectivity index (χ0n) is 9.40. The maximum atomic E-state index is 13.4. The molecule has 0 heterocycles. The minimum atomic E-state index is -0.505. The van der Waals surface area contributed by atoms with Crippen molar-refractivity contribution < 1.29 is 9.18 Å². The van der Waals surface area contributed by atoms with Crippen LogP contribution in [0.5, 0.6) is 0 Å². The number of rotatable bonds is 3. The number of halogens is 2. The summed E-state index contributed by atoms with van der Waals surface area (Å²) in [6.45, 7) is 3.30. The number of aryl methyl sites for hydroxylation is 1. The smallest absolute Gasteiger partial charge is 0.241 e. The SMILES string of the molecule is CNNC(=O)C(C)c1cc(F)c(C)cc1Cl. The average molecular weight is 245 g/mol. The van der Waals surface area contributed by atoms with Crippen LogP contribution in [-0.4, -0.2) is 13.0 Å². The molecule has 1 aromatic carbocycles. The van der Waals surface area contributed by atoms with Crippen LogP contribution in [0.2, 0.25) is 5.02 Å². The summed E-state index contributed by atoms with van der Waals surface area (Å²) in [5.74, 6) is -1.12. The Kier molecular flexibility index (Phi) is 4.26. The average Bonchev–Trinajstić information content (AvgIpc) is 2.23. The van der Waals surface area contributed by atoms with Gasteiger partial charge in [-0.3, -0.25) is 10.2 Å². The summed E-state index contributed by atoms with van der Waals surface area (Å²) in [5.41, 5.74) is 5.91. The van der Waals surface area contributed by atoms with Crippen LogP contribution in [0.3, 0.4) is 0 Å². The quantitative estimate of drug-likeness (QED) is 0.800. The molecule has 0 aliphatic rings. The molecule has 0 aliphatic heterocycles. The van der Waals surface area contributed by atoms with Crippen LogP contribution in [0.1, 0.15) is 24.0 Å². The molecule has 0 saturated heterocycles. The fourth-order valence-electron chi connectivity index (χ4n) is 1.37. The molecule has 1 aromatic rings. The van der Waals surface area contributed by atoms with E-state index in [4.69, 9.17) is 11.6 Å². The summed E-state index contributed by atoms with van der Waals surface area (Å²) in [4.78, 5) is 11.5. The number of amides is 1. The Bertz CT molecular complexity index is 409. The zero-order valence-corrected chi connectivity index (χ0v) is 10.2. The molecule has 3 nitrogen and oxygen atoms in total. The lowest BCUT2D eigenvalue weighted by Gasteiger charge is -2.14. The van der Waals surface area contributed by atoms with Gasteiger partial charge in [-0.1, -0.05) is 11.6 Å². The van der Waals surface area contributed by atoms with Crippen molar-refractivity contribution in [2.24, 2.45) is 0 Å². The van der Waals surface area contributed by atoms with Crippen LogP contribution in [0.25, 0.3) is 0 Å². The predicted octanol–water partition coefficient (Wildman–Crippen LogP) is 2.14. The lowest BCUT2D eigenvalue weighted by atomic mass is 9.99. The molecule has 0 fully saturated rings. The summed E-state index contributed by atoms with van der Waals surface area (Å²) in [5, 5.41) is 0.401. The van der Waals surface area contributed by atoms with Crippen LogP contribution in [-0.2, 0) is 4.79 Å². The number of hydrogen-bond acceptors (Lipinski definition) is 2. The van der Waals surface area contributed by atoms with Gasteiger partial charge in [0.2, 0.25) is 5.91 Å². The zero-order chi connectivity index (χ0) is 12.3. The molecular weight excluding hydrogens is 231 g/mol. The van der Waals surface area contributed by atoms with Crippen LogP contribution >= 0.6 is 11.6 Å². The molecule has 0 saturated carbocycles. The largest absolute Gasteiger partial charge is 0.291 e. The van der Waals surface area contributed by atoms with Gasteiger partial charge >= 0.3 is 0 Å². The minimum Gasteiger partial charge on any atom is -0.291 e. The third-order valence-electron chi connectivity index (χ3n) is 2.39. The van der Waals surface area contributed by atoms with Gasteiger partial charge in [0.1, 0.15) is 5.82 Å². The van der Waals surface area contributed by atoms with E-state index in [0.29, 0.717) is 16.1 Å². The fourth-order valence-corrected chi connectivity index (χ4v) is 1.75. The molecule has 0 spiro atoms. The van der Waals surface area contributed by atoms with Gasteiger partial charge < -0.3 is 0 Å². The standard InChI is InChI=1S/C11H14ClFN2O/c1-6-4-9(12)8(5-10(6)13)7(2)11(16)15-14-3/h4-5,7,14H,1-3H3,(H,15,16). The first-order chi connectivity index (χ1) is 7.47. The first-order valence-electron chi connectivity index (χ1n) is 4.89. The number of hydrogen-bond donors (Lipinski definition) is 2. The van der Waals surface area contributed by atoms with E-state index in [1.54, 1.807) is 20.9 Å². The Balaban J connectivity index is 3.04. The van der Waals surface area contributed by atoms with Gasteiger partial charge in [0, 0.05) is 12.1 Å². The highest BCUT2D eigenvalue weighted by Gasteiger charge is 2.18. The van der Waals surface area contributed by atoms with Crippen molar-refractivity contribution in [1.82, 2.24) is 10.9 Å². The van der Waals surface area contributed by atoms with Crippen molar-refractivity contribution in [2.75, 3.05) is 7.05 Å². The van der Waals surface area contributed by atoms with Crippen molar-refractivity contribution in [3.63, 3.8) is 0 Å². The number of hydrazine groups is 1. The number of carbonyl (C=O) groups excluding carboxylic acids is 1. The van der Waals surface area contributed by atoms with E-state index < -0.39 is 5.92 Å². The van der Waals surface area contributed by atoms with E-state index in [-0.39, 0.29) is 11.7 Å². The van der Waals surface area contributed by atoms with Gasteiger partial charge in [-0.15, -0.1) is 0 Å². The molecular formula is C11H14ClFN2O. The van der Waals surface area contributed by atoms with Gasteiger partial charge in [-0.2, -0.15) is 0 Å². The second kappa shape index (κ2) is 5.27. The molecule has 1 unspecified atom stereocenters. The topological polar surface area (TPSA) is 41.1 Å². The molecule has 1 amide bonds. The number of benzene rings is 1. The highest BCUT2D eigenvalue weighted by molar-refractivity contribution is 6.31. The molecule has 0 radical (unpaired) electrons. The molecule has 88 valence electrons. The normalized spacial score (nSPS) is 12.3. The highest BCUT2D eigenvalue weighted by atomic mass is 35.5. The monoisotopic (exact) mass is 244 g/mol. The summed E-state index contributed by atoms with van der Waals surface area (Å²) in [7, 11) is 1.59. The maximum absolute atomic E-state index is 13.4. The van der Waals surface area contributed by atoms with Gasteiger partial charge in [0.15, 0.2) is 0 Å². The Labute approximate surface area is 99.0 Å². The molecule has 1 rings (SSSR count). The van der Waals surface area contributed by atoms with Gasteiger partial charge in [0.25, 0.3) is 0 Å². The van der Waals surface area contributed by atoms with E-state index in [2.05, 4.69) is 10.9 Å². The maximum Gasteiger partial charge on any atom is 0.241 e. The molecule has 0 aromatic heterocycles. The van der Waals surface area contributed by atoms with Crippen molar-refractivity contribution in [1.29, 1.82) is 0 Å². The Morgan fingerprint density at radius 2 is 2.12 bits per heavy atom. The summed E-state index contributed by atoms with van der Waals surface area (Å²) in [6, 6.07) is 2.83. The molecule has 16 heavy (non-hydrogen) atoms. The van der Waals surface area contributed by atoms with Crippen molar-refractivity contribution in [3.8, 4) is 0 Å². The summed E-state index contributed by atoms with van der Waals surface area (Å²) in [6.07, 6.45) is 0. The molecule has 0 aliphatic carbocycles. The van der Waals surface area contributed by atoms with Crippen LogP contribution < -0.4 is 10.9 Å². The Morgan fingerprint density at radius 1 is 1.50 bits per heavy atom. The lowest BCUT2D eigenvalue weighted by molar-refractivity contribution is -0.123. The van der Waals surface area contributed by atoms with Gasteiger partial charge in [0.05, 0.1) is 5.92 Å². The fraction of sp³-hybridized carbons (Fsp3) is 0.364. The van der Waals surface area contributed by atoms with Gasteiger partial charge in [-0.25, -0.2) is 9.82 Å². The van der Waals surface area contributed by atoms with Crippen LogP contribution in [0.15, 0.2) is 12.1 Å². The van der Waals surface area contributed by atoms with Crippen LogP contribution in [0, 0.1) is 12.7 Å². The predicted molar refractivity (Wildman–Crippen MR) is 61.8 cm³/mol. The third-order valence-corrected chi connectivity index (χ3v) is 2.71. The number of carbonyl (C=O) groups is 1. The van der Waals surface area contributed by atoms with Crippen molar-refractivity contribution in [3.05, 3.63) is 34.1 Å². The van der Waals surface area contributed by atoms with E-state index in [0.717, 1.165) is 0 Å². The first kappa shape index (κ1) is 12.9. The van der Waals surface area contributed by atoms with E-state index in [9.17, 15) is 9.18 Å². The highest BCUT2D eigenvalue weighted by Crippen LogP contribution is 2.27. The Morgan fingerprint density at radius 3 is 2.69 bits per heavy atom. The van der Waals surface area contributed by atoms with E-state index in [1.165, 1.54) is 12.1 Å². The summed E-state index contributed by atoms with van der Waals surface area (Å²) >= 11 is 5.97. The first-order valence-corrected chi connectivity index (χ1v) is 5.27. The van der Waals surface area contributed by atoms with Crippen LogP contribution in [0.4, 0.5) is 4.39 Å². The summed E-state index contributed by atoms with van der Waals surface area (Å²) < 4.78 is 13.4. The third kappa shape index (κ3) is 2.71. The second-order valence-corrected chi connectivity index (χ2v) is 3.99. The molecule has 0 bridgehead atoms. The Hall–Kier alpha value is -1.13. The molecule has 1 atom stereocenters. The van der Waals surface area contributed by atoms with Crippen molar-refractivity contribution >= 4 is 17.5 Å². The van der Waals surface area contributed by atoms with Crippen molar-refractivity contribution in [2.45, 2.75) is 19.8 Å². The van der Waals surface area contributed by atoms with E-state index >= 15 is 0 Å². The molecule has 2 N–H and O–H groups in total. The second-order valence-electron chi connectivity index (χ2n) is 3.58. The molecule has 5 heteroatoms.